The number of nitrogens with zero attached hydrogens (tertiary/aromatic N) is 5. The van der Waals surface area contributed by atoms with E-state index in [0.29, 0.717) is 30.4 Å². The van der Waals surface area contributed by atoms with E-state index in [1.807, 2.05) is 37.6 Å². The standard InChI is InChI=1S/C28H32N6O3S/c1-32(2)19-15-34(16-19)26-23(31-38(36,37)20-6-7-20)12-18(13-30-26)17-5-8-22-21(11-17)25-24(14-29-22)33(3)27(35)28(25)9-4-10-28/h5,8,11-14,19-20,31H,4,6-7,9-10,15-16H2,1-3H3. The van der Waals surface area contributed by atoms with Crippen molar-refractivity contribution in [2.45, 2.75) is 48.8 Å². The molecule has 38 heavy (non-hydrogen) atoms. The molecule has 10 heteroatoms. The van der Waals surface area contributed by atoms with Crippen molar-refractivity contribution in [2.75, 3.05) is 48.8 Å². The number of aromatic nitrogens is 2. The maximum Gasteiger partial charge on any atom is 0.237 e. The molecule has 198 valence electrons. The summed E-state index contributed by atoms with van der Waals surface area (Å²) in [5, 5.41) is 0.658. The number of benzene rings is 1. The average Bonchev–Trinajstić information content (AvgIpc) is 3.65. The molecule has 1 N–H and O–H groups in total. The molecule has 2 aromatic heterocycles. The Morgan fingerprint density at radius 1 is 1.05 bits per heavy atom. The highest BCUT2D eigenvalue weighted by Crippen LogP contribution is 2.55. The van der Waals surface area contributed by atoms with Crippen LogP contribution in [-0.2, 0) is 20.2 Å². The number of amides is 1. The van der Waals surface area contributed by atoms with E-state index in [9.17, 15) is 13.2 Å². The van der Waals surface area contributed by atoms with E-state index in [0.717, 1.165) is 65.6 Å². The molecule has 2 aliphatic carbocycles. The molecule has 7 rings (SSSR count). The Bertz CT molecular complexity index is 1590. The van der Waals surface area contributed by atoms with Crippen LogP contribution in [0.15, 0.2) is 36.7 Å². The van der Waals surface area contributed by atoms with Gasteiger partial charge in [-0.2, -0.15) is 0 Å². The van der Waals surface area contributed by atoms with E-state index in [1.165, 1.54) is 0 Å². The second-order valence-corrected chi connectivity index (χ2v) is 13.5. The molecule has 4 heterocycles. The van der Waals surface area contributed by atoms with Crippen LogP contribution < -0.4 is 14.5 Å². The molecule has 1 spiro atoms. The molecule has 2 aliphatic heterocycles. The predicted molar refractivity (Wildman–Crippen MR) is 149 cm³/mol. The predicted octanol–water partition coefficient (Wildman–Crippen LogP) is 3.35. The summed E-state index contributed by atoms with van der Waals surface area (Å²) in [6.07, 6.45) is 7.80. The van der Waals surface area contributed by atoms with Crippen LogP contribution in [0.4, 0.5) is 17.2 Å². The number of anilines is 3. The van der Waals surface area contributed by atoms with Gasteiger partial charge in [-0.15, -0.1) is 0 Å². The van der Waals surface area contributed by atoms with Crippen LogP contribution in [0.2, 0.25) is 0 Å². The van der Waals surface area contributed by atoms with E-state index in [2.05, 4.69) is 39.7 Å². The van der Waals surface area contributed by atoms with Gasteiger partial charge in [0.05, 0.1) is 33.8 Å². The van der Waals surface area contributed by atoms with Crippen molar-refractivity contribution in [3.63, 3.8) is 0 Å². The van der Waals surface area contributed by atoms with Crippen molar-refractivity contribution >= 4 is 44.0 Å². The molecule has 2 saturated carbocycles. The lowest BCUT2D eigenvalue weighted by Crippen LogP contribution is -2.57. The molecule has 1 aromatic carbocycles. The van der Waals surface area contributed by atoms with Crippen molar-refractivity contribution in [3.05, 3.63) is 42.2 Å². The molecule has 0 radical (unpaired) electrons. The third-order valence-electron chi connectivity index (χ3n) is 8.92. The zero-order chi connectivity index (χ0) is 26.4. The van der Waals surface area contributed by atoms with E-state index >= 15 is 0 Å². The van der Waals surface area contributed by atoms with Gasteiger partial charge in [0, 0.05) is 48.9 Å². The Morgan fingerprint density at radius 3 is 2.47 bits per heavy atom. The number of pyridine rings is 2. The molecule has 1 saturated heterocycles. The number of hydrogen-bond acceptors (Lipinski definition) is 7. The third-order valence-corrected chi connectivity index (χ3v) is 10.8. The van der Waals surface area contributed by atoms with Gasteiger partial charge in [-0.3, -0.25) is 14.5 Å². The Kier molecular flexibility index (Phi) is 5.10. The van der Waals surface area contributed by atoms with Crippen molar-refractivity contribution in [1.29, 1.82) is 0 Å². The topological polar surface area (TPSA) is 98.7 Å². The van der Waals surface area contributed by atoms with Crippen LogP contribution in [0.3, 0.4) is 0 Å². The molecule has 3 aromatic rings. The molecular weight excluding hydrogens is 500 g/mol. The SMILES string of the molecule is CN1C(=O)C2(CCC2)c2c1cnc1ccc(-c3cnc(N4CC(N(C)C)C4)c(NS(=O)(=O)C4CC4)c3)cc21. The number of rotatable bonds is 6. The van der Waals surface area contributed by atoms with Crippen LogP contribution in [0.5, 0.6) is 0 Å². The Morgan fingerprint density at radius 2 is 1.82 bits per heavy atom. The largest absolute Gasteiger partial charge is 0.352 e. The summed E-state index contributed by atoms with van der Waals surface area (Å²) >= 11 is 0. The highest BCUT2D eigenvalue weighted by Gasteiger charge is 2.54. The first-order valence-electron chi connectivity index (χ1n) is 13.3. The smallest absolute Gasteiger partial charge is 0.237 e. The zero-order valence-electron chi connectivity index (χ0n) is 21.9. The normalized spacial score (nSPS) is 20.7. The van der Waals surface area contributed by atoms with Crippen LogP contribution >= 0.6 is 0 Å². The van der Waals surface area contributed by atoms with Gasteiger partial charge in [0.2, 0.25) is 15.9 Å². The lowest BCUT2D eigenvalue weighted by molar-refractivity contribution is -0.125. The minimum atomic E-state index is -3.46. The second kappa shape index (κ2) is 8.13. The quantitative estimate of drug-likeness (QED) is 0.520. The van der Waals surface area contributed by atoms with Gasteiger partial charge in [0.25, 0.3) is 0 Å². The molecule has 0 atom stereocenters. The lowest BCUT2D eigenvalue weighted by Gasteiger charge is -2.44. The van der Waals surface area contributed by atoms with E-state index < -0.39 is 15.4 Å². The number of carbonyl (C=O) groups excluding carboxylic acids is 1. The van der Waals surface area contributed by atoms with Gasteiger partial charge in [-0.25, -0.2) is 13.4 Å². The van der Waals surface area contributed by atoms with Gasteiger partial charge in [0.1, 0.15) is 0 Å². The molecule has 0 bridgehead atoms. The maximum atomic E-state index is 13.2. The number of nitrogens with one attached hydrogen (secondary N) is 1. The summed E-state index contributed by atoms with van der Waals surface area (Å²) < 4.78 is 28.7. The summed E-state index contributed by atoms with van der Waals surface area (Å²) in [5.74, 6) is 0.826. The molecule has 4 aliphatic rings. The Hall–Kier alpha value is -3.24. The van der Waals surface area contributed by atoms with Crippen LogP contribution in [0.1, 0.15) is 37.7 Å². The Balaban J connectivity index is 1.32. The first-order valence-corrected chi connectivity index (χ1v) is 14.9. The van der Waals surface area contributed by atoms with Gasteiger partial charge >= 0.3 is 0 Å². The van der Waals surface area contributed by atoms with Crippen LogP contribution in [-0.4, -0.2) is 74.7 Å². The third kappa shape index (κ3) is 3.46. The molecule has 0 unspecified atom stereocenters. The summed E-state index contributed by atoms with van der Waals surface area (Å²) in [6.45, 7) is 1.60. The van der Waals surface area contributed by atoms with Crippen molar-refractivity contribution in [1.82, 2.24) is 14.9 Å². The van der Waals surface area contributed by atoms with Gasteiger partial charge in [-0.1, -0.05) is 12.5 Å². The summed E-state index contributed by atoms with van der Waals surface area (Å²) in [7, 11) is 2.49. The minimum Gasteiger partial charge on any atom is -0.352 e. The first kappa shape index (κ1) is 23.8. The van der Waals surface area contributed by atoms with Crippen molar-refractivity contribution < 1.29 is 13.2 Å². The maximum absolute atomic E-state index is 13.2. The minimum absolute atomic E-state index is 0.159. The molecular formula is C28H32N6O3S. The zero-order valence-corrected chi connectivity index (χ0v) is 22.8. The average molecular weight is 533 g/mol. The first-order chi connectivity index (χ1) is 18.2. The monoisotopic (exact) mass is 532 g/mol. The Labute approximate surface area is 222 Å². The molecule has 1 amide bonds. The number of carbonyl (C=O) groups is 1. The van der Waals surface area contributed by atoms with E-state index in [-0.39, 0.29) is 11.2 Å². The molecule has 3 fully saturated rings. The second-order valence-electron chi connectivity index (χ2n) is 11.5. The number of hydrogen-bond donors (Lipinski definition) is 1. The highest BCUT2D eigenvalue weighted by atomic mass is 32.2. The fourth-order valence-corrected chi connectivity index (χ4v) is 7.54. The summed E-state index contributed by atoms with van der Waals surface area (Å²) in [6, 6.07) is 8.39. The van der Waals surface area contributed by atoms with Crippen molar-refractivity contribution in [2.24, 2.45) is 0 Å². The number of likely N-dealkylation sites (N-methyl/N-ethyl adjacent to an activating group) is 2. The lowest BCUT2D eigenvalue weighted by atomic mass is 9.64. The fraction of sp³-hybridized carbons (Fsp3) is 0.464. The summed E-state index contributed by atoms with van der Waals surface area (Å²) in [4.78, 5) is 28.7. The molecule has 9 nitrogen and oxygen atoms in total. The van der Waals surface area contributed by atoms with Crippen LogP contribution in [0.25, 0.3) is 22.0 Å². The van der Waals surface area contributed by atoms with Crippen molar-refractivity contribution in [3.8, 4) is 11.1 Å². The number of fused-ring (bicyclic) bond motifs is 4. The van der Waals surface area contributed by atoms with Gasteiger partial charge < -0.3 is 14.7 Å². The number of sulfonamides is 1. The van der Waals surface area contributed by atoms with Gasteiger partial charge in [0.15, 0.2) is 5.82 Å². The van der Waals surface area contributed by atoms with E-state index in [1.54, 1.807) is 4.90 Å². The fourth-order valence-electron chi connectivity index (χ4n) is 6.16. The van der Waals surface area contributed by atoms with E-state index in [4.69, 9.17) is 4.98 Å². The van der Waals surface area contributed by atoms with Gasteiger partial charge in [-0.05, 0) is 63.5 Å². The highest BCUT2D eigenvalue weighted by molar-refractivity contribution is 7.93. The summed E-state index contributed by atoms with van der Waals surface area (Å²) in [5.41, 5.74) is 4.65. The van der Waals surface area contributed by atoms with Crippen LogP contribution in [0, 0.1) is 0 Å².